The minimum absolute atomic E-state index is 0.0187. The smallest absolute Gasteiger partial charge is 0.252 e. The van der Waals surface area contributed by atoms with Crippen molar-refractivity contribution >= 4 is 29.4 Å². The Morgan fingerprint density at radius 2 is 1.36 bits per heavy atom. The lowest BCUT2D eigenvalue weighted by atomic mass is 10.0. The number of carbonyl (C=O) groups is 1. The molecule has 13 nitrogen and oxygen atoms in total. The molecular formula is C20H31N11O2. The Kier molecular flexibility index (Phi) is 6.47. The van der Waals surface area contributed by atoms with E-state index in [1.54, 1.807) is 6.07 Å². The van der Waals surface area contributed by atoms with Crippen LogP contribution in [0.3, 0.4) is 0 Å². The molecule has 33 heavy (non-hydrogen) atoms. The summed E-state index contributed by atoms with van der Waals surface area (Å²) < 4.78 is 0. The molecule has 4 atom stereocenters. The Labute approximate surface area is 191 Å². The van der Waals surface area contributed by atoms with Gasteiger partial charge in [0, 0.05) is 62.1 Å². The van der Waals surface area contributed by atoms with Gasteiger partial charge in [-0.3, -0.25) is 4.79 Å². The van der Waals surface area contributed by atoms with Gasteiger partial charge in [0.25, 0.3) is 5.91 Å². The summed E-state index contributed by atoms with van der Waals surface area (Å²) in [5.74, 6) is 0.140. The minimum atomic E-state index is -0.723. The van der Waals surface area contributed by atoms with Gasteiger partial charge in [-0.2, -0.15) is 15.0 Å². The van der Waals surface area contributed by atoms with Gasteiger partial charge in [0.2, 0.25) is 17.8 Å². The van der Waals surface area contributed by atoms with E-state index in [0.717, 1.165) is 12.8 Å². The fourth-order valence-corrected chi connectivity index (χ4v) is 4.32. The molecule has 2 fully saturated rings. The van der Waals surface area contributed by atoms with Crippen molar-refractivity contribution in [1.29, 1.82) is 0 Å². The molecule has 2 aliphatic rings. The van der Waals surface area contributed by atoms with E-state index < -0.39 is 5.91 Å². The summed E-state index contributed by atoms with van der Waals surface area (Å²) in [6.07, 6.45) is 1.45. The van der Waals surface area contributed by atoms with E-state index in [9.17, 15) is 9.90 Å². The average molecular weight is 458 g/mol. The van der Waals surface area contributed by atoms with Gasteiger partial charge in [0.1, 0.15) is 5.75 Å². The number of aromatic nitrogens is 3. The predicted molar refractivity (Wildman–Crippen MR) is 125 cm³/mol. The number of hydrogen-bond acceptors (Lipinski definition) is 12. The number of amides is 1. The quantitative estimate of drug-likeness (QED) is 0.263. The molecule has 12 N–H and O–H groups in total. The van der Waals surface area contributed by atoms with Crippen LogP contribution in [0.5, 0.6) is 5.75 Å². The van der Waals surface area contributed by atoms with Gasteiger partial charge in [-0.15, -0.1) is 0 Å². The third kappa shape index (κ3) is 5.39. The molecule has 0 saturated carbocycles. The van der Waals surface area contributed by atoms with Gasteiger partial charge in [-0.25, -0.2) is 0 Å². The van der Waals surface area contributed by atoms with Crippen molar-refractivity contribution in [3.63, 3.8) is 0 Å². The molecular weight excluding hydrogens is 426 g/mol. The van der Waals surface area contributed by atoms with Gasteiger partial charge < -0.3 is 48.9 Å². The summed E-state index contributed by atoms with van der Waals surface area (Å²) in [7, 11) is 0. The van der Waals surface area contributed by atoms with Crippen molar-refractivity contribution in [3.8, 4) is 5.75 Å². The molecule has 3 heterocycles. The topological polar surface area (TPSA) is 225 Å². The first-order chi connectivity index (χ1) is 15.7. The van der Waals surface area contributed by atoms with Gasteiger partial charge in [0.05, 0.1) is 5.56 Å². The maximum absolute atomic E-state index is 11.4. The predicted octanol–water partition coefficient (Wildman–Crippen LogP) is -1.85. The van der Waals surface area contributed by atoms with Crippen molar-refractivity contribution in [3.05, 3.63) is 23.8 Å². The van der Waals surface area contributed by atoms with Crippen molar-refractivity contribution in [2.45, 2.75) is 37.0 Å². The van der Waals surface area contributed by atoms with Crippen molar-refractivity contribution in [2.24, 2.45) is 28.7 Å². The number of carbonyl (C=O) groups excluding carboxylic acids is 1. The van der Waals surface area contributed by atoms with E-state index in [-0.39, 0.29) is 41.4 Å². The van der Waals surface area contributed by atoms with E-state index in [0.29, 0.717) is 43.8 Å². The van der Waals surface area contributed by atoms with Gasteiger partial charge in [0.15, 0.2) is 0 Å². The Morgan fingerprint density at radius 1 is 0.879 bits per heavy atom. The lowest BCUT2D eigenvalue weighted by Crippen LogP contribution is -2.54. The van der Waals surface area contributed by atoms with Crippen LogP contribution in [0.15, 0.2) is 18.2 Å². The van der Waals surface area contributed by atoms with Gasteiger partial charge >= 0.3 is 0 Å². The van der Waals surface area contributed by atoms with Crippen LogP contribution >= 0.6 is 0 Å². The number of hydrogen-bond donors (Lipinski definition) is 7. The second-order valence-corrected chi connectivity index (χ2v) is 8.80. The van der Waals surface area contributed by atoms with Crippen LogP contribution in [0.4, 0.5) is 23.5 Å². The number of nitrogens with zero attached hydrogens (tertiary/aromatic N) is 5. The largest absolute Gasteiger partial charge is 0.507 e. The summed E-state index contributed by atoms with van der Waals surface area (Å²) >= 11 is 0. The molecule has 1 aromatic carbocycles. The zero-order valence-corrected chi connectivity index (χ0v) is 18.3. The Bertz CT molecular complexity index is 955. The molecule has 0 aliphatic carbocycles. The number of phenols is 1. The second-order valence-electron chi connectivity index (χ2n) is 8.80. The van der Waals surface area contributed by atoms with Crippen LogP contribution in [0, 0.1) is 0 Å². The average Bonchev–Trinajstić information content (AvgIpc) is 2.72. The molecule has 1 aromatic heterocycles. The van der Waals surface area contributed by atoms with Crippen molar-refractivity contribution in [2.75, 3.05) is 41.3 Å². The molecule has 178 valence electrons. The summed E-state index contributed by atoms with van der Waals surface area (Å²) in [6, 6.07) is 4.02. The fourth-order valence-electron chi connectivity index (χ4n) is 4.32. The molecule has 1 amide bonds. The van der Waals surface area contributed by atoms with Crippen LogP contribution in [-0.2, 0) is 0 Å². The first-order valence-corrected chi connectivity index (χ1v) is 10.9. The highest BCUT2D eigenvalue weighted by Crippen LogP contribution is 2.26. The van der Waals surface area contributed by atoms with Crippen LogP contribution in [0.25, 0.3) is 0 Å². The summed E-state index contributed by atoms with van der Waals surface area (Å²) in [5.41, 5.74) is 30.4. The molecule has 0 bridgehead atoms. The molecule has 0 unspecified atom stereocenters. The normalized spacial score (nSPS) is 25.7. The molecule has 2 aliphatic heterocycles. The molecule has 2 aromatic rings. The first kappa shape index (κ1) is 22.9. The van der Waals surface area contributed by atoms with Crippen LogP contribution in [-0.4, -0.2) is 76.3 Å². The Morgan fingerprint density at radius 3 is 1.79 bits per heavy atom. The van der Waals surface area contributed by atoms with E-state index in [4.69, 9.17) is 28.7 Å². The molecule has 2 saturated heterocycles. The Hall–Kier alpha value is -3.26. The number of piperidine rings is 2. The van der Waals surface area contributed by atoms with Crippen molar-refractivity contribution in [1.82, 2.24) is 15.0 Å². The lowest BCUT2D eigenvalue weighted by Gasteiger charge is -2.37. The highest BCUT2D eigenvalue weighted by molar-refractivity contribution is 5.96. The fraction of sp³-hybridized carbons (Fsp3) is 0.500. The lowest BCUT2D eigenvalue weighted by molar-refractivity contribution is 0.0998. The first-order valence-electron chi connectivity index (χ1n) is 10.9. The standard InChI is InChI=1S/C20H31N11O2/c21-10-3-11(22)7-30(6-10)19-27-18(26-14-1-2-15(17(25)33)16(32)5-14)28-20(29-19)31-8-12(23)4-13(24)9-31/h1-2,5,10-13,32H,3-4,6-9,21-24H2,(H2,25,33)(H,26,27,28,29)/t10-,11+,12-,13+. The highest BCUT2D eigenvalue weighted by atomic mass is 16.3. The SMILES string of the molecule is NC(=O)c1ccc(Nc2nc(N3C[C@H](N)C[C@H](N)C3)nc(N3C[C@H](N)C[C@H](N)C3)n2)cc1O. The molecule has 0 spiro atoms. The number of rotatable bonds is 5. The van der Waals surface area contributed by atoms with Crippen LogP contribution < -0.4 is 43.8 Å². The Balaban J connectivity index is 1.68. The summed E-state index contributed by atoms with van der Waals surface area (Å²) in [5, 5.41) is 13.2. The number of anilines is 4. The number of primary amides is 1. The van der Waals surface area contributed by atoms with Crippen LogP contribution in [0.2, 0.25) is 0 Å². The number of aromatic hydroxyl groups is 1. The van der Waals surface area contributed by atoms with E-state index >= 15 is 0 Å². The maximum Gasteiger partial charge on any atom is 0.252 e. The zero-order chi connectivity index (χ0) is 23.7. The third-order valence-corrected chi connectivity index (χ3v) is 5.73. The van der Waals surface area contributed by atoms with E-state index in [1.807, 2.05) is 9.80 Å². The number of nitrogens with two attached hydrogens (primary N) is 5. The highest BCUT2D eigenvalue weighted by Gasteiger charge is 2.28. The third-order valence-electron chi connectivity index (χ3n) is 5.73. The van der Waals surface area contributed by atoms with E-state index in [2.05, 4.69) is 20.3 Å². The van der Waals surface area contributed by atoms with Gasteiger partial charge in [-0.05, 0) is 25.0 Å². The maximum atomic E-state index is 11.4. The molecule has 13 heteroatoms. The molecule has 4 rings (SSSR count). The molecule has 0 radical (unpaired) electrons. The minimum Gasteiger partial charge on any atom is -0.507 e. The second kappa shape index (κ2) is 9.31. The number of nitrogens with one attached hydrogen (secondary N) is 1. The van der Waals surface area contributed by atoms with Crippen molar-refractivity contribution < 1.29 is 9.90 Å². The number of benzene rings is 1. The summed E-state index contributed by atoms with van der Waals surface area (Å²) in [4.78, 5) is 29.1. The summed E-state index contributed by atoms with van der Waals surface area (Å²) in [6.45, 7) is 2.24. The van der Waals surface area contributed by atoms with Gasteiger partial charge in [-0.1, -0.05) is 0 Å². The zero-order valence-electron chi connectivity index (χ0n) is 18.3. The van der Waals surface area contributed by atoms with E-state index in [1.165, 1.54) is 12.1 Å². The monoisotopic (exact) mass is 457 g/mol. The van der Waals surface area contributed by atoms with Crippen LogP contribution in [0.1, 0.15) is 23.2 Å².